The number of ether oxygens (including phenoxy) is 1. The summed E-state index contributed by atoms with van der Waals surface area (Å²) in [6.45, 7) is 5.97. The first-order valence-corrected chi connectivity index (χ1v) is 11.5. The van der Waals surface area contributed by atoms with Gasteiger partial charge in [0.1, 0.15) is 11.4 Å². The Balaban J connectivity index is 1.70. The Morgan fingerprint density at radius 1 is 0.969 bits per heavy atom. The van der Waals surface area contributed by atoms with Crippen molar-refractivity contribution in [1.29, 1.82) is 0 Å². The molecule has 3 aromatic carbocycles. The maximum Gasteiger partial charge on any atom is 0.335 e. The fourth-order valence-corrected chi connectivity index (χ4v) is 4.64. The smallest absolute Gasteiger partial charge is 0.335 e. The molecule has 0 saturated carbocycles. The summed E-state index contributed by atoms with van der Waals surface area (Å²) in [5.41, 5.74) is 3.80. The van der Waals surface area contributed by atoms with Gasteiger partial charge in [-0.25, -0.2) is 13.2 Å². The van der Waals surface area contributed by atoms with Crippen LogP contribution in [0.5, 0.6) is 5.75 Å². The number of hydrogen-bond acceptors (Lipinski definition) is 4. The Kier molecular flexibility index (Phi) is 5.30. The second kappa shape index (κ2) is 7.84. The minimum atomic E-state index is -3.90. The van der Waals surface area contributed by atoms with Gasteiger partial charge in [0, 0.05) is 11.3 Å². The summed E-state index contributed by atoms with van der Waals surface area (Å²) >= 11 is 0. The molecule has 164 valence electrons. The number of rotatable bonds is 5. The Bertz CT molecular complexity index is 1320. The summed E-state index contributed by atoms with van der Waals surface area (Å²) in [6, 6.07) is 18.4. The van der Waals surface area contributed by atoms with Crippen LogP contribution in [0.4, 0.5) is 5.69 Å². The van der Waals surface area contributed by atoms with Gasteiger partial charge in [-0.3, -0.25) is 4.72 Å². The molecule has 7 heteroatoms. The molecule has 1 heterocycles. The van der Waals surface area contributed by atoms with Crippen molar-refractivity contribution >= 4 is 27.3 Å². The van der Waals surface area contributed by atoms with Crippen molar-refractivity contribution in [3.63, 3.8) is 0 Å². The largest absolute Gasteiger partial charge is 0.483 e. The highest BCUT2D eigenvalue weighted by atomic mass is 32.2. The minimum absolute atomic E-state index is 0.0189. The Morgan fingerprint density at radius 2 is 1.62 bits per heavy atom. The van der Waals surface area contributed by atoms with Crippen LogP contribution in [-0.2, 0) is 10.0 Å². The Morgan fingerprint density at radius 3 is 2.25 bits per heavy atom. The number of carbonyl (C=O) groups is 1. The first kappa shape index (κ1) is 21.6. The summed E-state index contributed by atoms with van der Waals surface area (Å²) in [7, 11) is -3.90. The lowest BCUT2D eigenvalue weighted by molar-refractivity contribution is 0.0696. The zero-order chi connectivity index (χ0) is 23.1. The number of nitrogens with one attached hydrogen (secondary N) is 1. The fraction of sp³-hybridized carbons (Fsp3) is 0.160. The van der Waals surface area contributed by atoms with Crippen molar-refractivity contribution in [2.75, 3.05) is 4.72 Å². The molecule has 0 aliphatic carbocycles. The van der Waals surface area contributed by atoms with E-state index < -0.39 is 21.6 Å². The van der Waals surface area contributed by atoms with Crippen molar-refractivity contribution in [3.05, 3.63) is 95.1 Å². The zero-order valence-corrected chi connectivity index (χ0v) is 18.7. The average molecular weight is 450 g/mol. The van der Waals surface area contributed by atoms with Crippen LogP contribution >= 0.6 is 0 Å². The van der Waals surface area contributed by atoms with E-state index in [-0.39, 0.29) is 10.5 Å². The van der Waals surface area contributed by atoms with E-state index in [0.29, 0.717) is 11.4 Å². The summed E-state index contributed by atoms with van der Waals surface area (Å²) in [5, 5.41) is 9.01. The molecule has 0 atom stereocenters. The van der Waals surface area contributed by atoms with Gasteiger partial charge in [-0.15, -0.1) is 0 Å². The summed E-state index contributed by atoms with van der Waals surface area (Å²) < 4.78 is 34.3. The second-order valence-corrected chi connectivity index (χ2v) is 9.96. The highest BCUT2D eigenvalue weighted by Crippen LogP contribution is 2.41. The van der Waals surface area contributed by atoms with Gasteiger partial charge in [0.05, 0.1) is 10.5 Å². The molecule has 0 aromatic heterocycles. The molecule has 2 N–H and O–H groups in total. The topological polar surface area (TPSA) is 92.7 Å². The number of aryl methyl sites for hydroxylation is 1. The third-order valence-electron chi connectivity index (χ3n) is 5.16. The molecule has 6 nitrogen and oxygen atoms in total. The predicted octanol–water partition coefficient (Wildman–Crippen LogP) is 5.10. The van der Waals surface area contributed by atoms with E-state index in [1.807, 2.05) is 51.1 Å². The van der Waals surface area contributed by atoms with E-state index in [0.717, 1.165) is 22.3 Å². The number of carboxylic acids is 1. The van der Waals surface area contributed by atoms with Gasteiger partial charge in [-0.2, -0.15) is 0 Å². The molecule has 32 heavy (non-hydrogen) atoms. The molecule has 3 aromatic rings. The van der Waals surface area contributed by atoms with E-state index in [1.54, 1.807) is 18.2 Å². The van der Waals surface area contributed by atoms with Gasteiger partial charge in [0.25, 0.3) is 10.0 Å². The SMILES string of the molecule is Cc1ccc(C2=CC(C)(C)Oc3ccc(NS(=O)(=O)c4ccc(C(=O)O)cc4)cc32)cc1. The van der Waals surface area contributed by atoms with E-state index in [4.69, 9.17) is 9.84 Å². The molecule has 0 unspecified atom stereocenters. The molecule has 0 fully saturated rings. The zero-order valence-electron chi connectivity index (χ0n) is 17.9. The quantitative estimate of drug-likeness (QED) is 0.566. The maximum absolute atomic E-state index is 12.8. The van der Waals surface area contributed by atoms with Gasteiger partial charge in [-0.1, -0.05) is 29.8 Å². The molecule has 0 saturated heterocycles. The average Bonchev–Trinajstić information content (AvgIpc) is 2.73. The predicted molar refractivity (Wildman–Crippen MR) is 124 cm³/mol. The molecule has 1 aliphatic rings. The summed E-state index contributed by atoms with van der Waals surface area (Å²) in [4.78, 5) is 11.0. The van der Waals surface area contributed by atoms with Crippen molar-refractivity contribution in [3.8, 4) is 5.75 Å². The number of carboxylic acid groups (broad SMARTS) is 1. The van der Waals surface area contributed by atoms with Gasteiger partial charge in [0.2, 0.25) is 0 Å². The third-order valence-corrected chi connectivity index (χ3v) is 6.56. The van der Waals surface area contributed by atoms with Gasteiger partial charge in [0.15, 0.2) is 0 Å². The van der Waals surface area contributed by atoms with E-state index in [1.165, 1.54) is 24.3 Å². The van der Waals surface area contributed by atoms with Gasteiger partial charge in [-0.05, 0) is 80.4 Å². The first-order valence-electron chi connectivity index (χ1n) is 10.0. The van der Waals surface area contributed by atoms with Crippen LogP contribution in [0.25, 0.3) is 5.57 Å². The van der Waals surface area contributed by atoms with E-state index in [2.05, 4.69) is 4.72 Å². The highest BCUT2D eigenvalue weighted by Gasteiger charge is 2.28. The van der Waals surface area contributed by atoms with Crippen LogP contribution in [0, 0.1) is 6.92 Å². The van der Waals surface area contributed by atoms with Crippen LogP contribution < -0.4 is 9.46 Å². The molecular formula is C25H23NO5S. The van der Waals surface area contributed by atoms with Crippen molar-refractivity contribution < 1.29 is 23.1 Å². The van der Waals surface area contributed by atoms with Gasteiger partial charge >= 0.3 is 5.97 Å². The molecule has 0 radical (unpaired) electrons. The number of hydrogen-bond donors (Lipinski definition) is 2. The number of fused-ring (bicyclic) bond motifs is 1. The standard InChI is InChI=1S/C25H23NO5S/c1-16-4-6-17(7-5-16)22-15-25(2,3)31-23-13-10-19(14-21(22)23)26-32(29,30)20-11-8-18(9-12-20)24(27)28/h4-15,26H,1-3H3,(H,27,28). The lowest BCUT2D eigenvalue weighted by Crippen LogP contribution is -2.29. The van der Waals surface area contributed by atoms with E-state index >= 15 is 0 Å². The molecule has 0 amide bonds. The van der Waals surface area contributed by atoms with Crippen LogP contribution in [0.15, 0.2) is 77.7 Å². The monoisotopic (exact) mass is 449 g/mol. The van der Waals surface area contributed by atoms with Gasteiger partial charge < -0.3 is 9.84 Å². The third kappa shape index (κ3) is 4.38. The Hall–Kier alpha value is -3.58. The van der Waals surface area contributed by atoms with Crippen molar-refractivity contribution in [2.45, 2.75) is 31.3 Å². The second-order valence-electron chi connectivity index (χ2n) is 8.28. The van der Waals surface area contributed by atoms with Crippen molar-refractivity contribution in [2.24, 2.45) is 0 Å². The number of benzene rings is 3. The highest BCUT2D eigenvalue weighted by molar-refractivity contribution is 7.92. The molecule has 4 rings (SSSR count). The lowest BCUT2D eigenvalue weighted by atomic mass is 9.89. The van der Waals surface area contributed by atoms with Crippen LogP contribution in [0.2, 0.25) is 0 Å². The summed E-state index contributed by atoms with van der Waals surface area (Å²) in [5.74, 6) is -0.447. The molecule has 0 spiro atoms. The number of aromatic carboxylic acids is 1. The van der Waals surface area contributed by atoms with Crippen LogP contribution in [-0.4, -0.2) is 25.1 Å². The normalized spacial score (nSPS) is 14.7. The maximum atomic E-state index is 12.8. The lowest BCUT2D eigenvalue weighted by Gasteiger charge is -2.31. The summed E-state index contributed by atoms with van der Waals surface area (Å²) in [6.07, 6.45) is 2.03. The Labute approximate surface area is 187 Å². The number of sulfonamides is 1. The van der Waals surface area contributed by atoms with Crippen molar-refractivity contribution in [1.82, 2.24) is 0 Å². The minimum Gasteiger partial charge on any atom is -0.483 e. The van der Waals surface area contributed by atoms with E-state index in [9.17, 15) is 13.2 Å². The molecular weight excluding hydrogens is 426 g/mol. The van der Waals surface area contributed by atoms with Crippen LogP contribution in [0.3, 0.4) is 0 Å². The fourth-order valence-electron chi connectivity index (χ4n) is 3.59. The first-order chi connectivity index (χ1) is 15.0. The molecule has 1 aliphatic heterocycles. The van der Waals surface area contributed by atoms with Crippen LogP contribution in [0.1, 0.15) is 40.9 Å². The molecule has 0 bridgehead atoms. The number of anilines is 1.